The van der Waals surface area contributed by atoms with Crippen LogP contribution in [0.15, 0.2) is 29.6 Å². The van der Waals surface area contributed by atoms with E-state index >= 15 is 0 Å². The molecule has 0 saturated heterocycles. The molecular formula is C8H6N3O4+. The van der Waals surface area contributed by atoms with Gasteiger partial charge < -0.3 is 10.2 Å². The molecule has 2 aromatic rings. The number of hydrogen-bond donors (Lipinski definition) is 2. The van der Waals surface area contributed by atoms with E-state index in [0.717, 1.165) is 0 Å². The first-order valence-corrected chi connectivity index (χ1v) is 3.99. The van der Waals surface area contributed by atoms with Gasteiger partial charge in [0.25, 0.3) is 11.8 Å². The Bertz CT molecular complexity index is 521. The summed E-state index contributed by atoms with van der Waals surface area (Å²) in [6, 6.07) is 6.24. The Labute approximate surface area is 82.7 Å². The zero-order valence-electron chi connectivity index (χ0n) is 7.36. The van der Waals surface area contributed by atoms with E-state index in [4.69, 9.17) is 0 Å². The second kappa shape index (κ2) is 3.05. The van der Waals surface area contributed by atoms with Gasteiger partial charge in [-0.2, -0.15) is 0 Å². The molecule has 7 heteroatoms. The summed E-state index contributed by atoms with van der Waals surface area (Å²) in [4.78, 5) is 20.5. The molecule has 15 heavy (non-hydrogen) atoms. The van der Waals surface area contributed by atoms with Crippen LogP contribution >= 0.6 is 0 Å². The van der Waals surface area contributed by atoms with E-state index in [1.54, 1.807) is 12.1 Å². The predicted molar refractivity (Wildman–Crippen MR) is 50.1 cm³/mol. The van der Waals surface area contributed by atoms with Gasteiger partial charge in [-0.05, 0) is 12.1 Å². The van der Waals surface area contributed by atoms with Crippen molar-refractivity contribution in [1.29, 1.82) is 0 Å². The minimum absolute atomic E-state index is 0.263. The smallest absolute Gasteiger partial charge is 0.335 e. The summed E-state index contributed by atoms with van der Waals surface area (Å²) in [6.45, 7) is 0. The minimum Gasteiger partial charge on any atom is -0.490 e. The molecule has 0 radical (unpaired) electrons. The van der Waals surface area contributed by atoms with Crippen LogP contribution in [0, 0.1) is 9.81 Å². The fourth-order valence-electron chi connectivity index (χ4n) is 1.40. The summed E-state index contributed by atoms with van der Waals surface area (Å²) in [5.74, 6) is -1.06. The maximum absolute atomic E-state index is 10.9. The van der Waals surface area contributed by atoms with Crippen LogP contribution in [0.25, 0.3) is 10.8 Å². The number of nitroso groups, excluding NO2 is 2. The molecule has 0 amide bonds. The normalized spacial score (nSPS) is 10.4. The van der Waals surface area contributed by atoms with E-state index in [1.807, 2.05) is 5.29 Å². The van der Waals surface area contributed by atoms with Crippen LogP contribution < -0.4 is 0 Å². The number of fused-ring (bicyclic) bond motifs is 1. The standard InChI is InChI=1S/C8H5N3O4/c12-7-5-3-1-2-4-6(5)8(13)10(7)11(15)9-14/h1-4H,(H-,9,12,13,14,15)/p+1. The van der Waals surface area contributed by atoms with E-state index in [1.165, 1.54) is 12.1 Å². The highest BCUT2D eigenvalue weighted by Crippen LogP contribution is 2.35. The Hall–Kier alpha value is -2.44. The van der Waals surface area contributed by atoms with E-state index in [-0.39, 0.29) is 10.8 Å². The monoisotopic (exact) mass is 208 g/mol. The average molecular weight is 208 g/mol. The van der Waals surface area contributed by atoms with E-state index < -0.39 is 16.7 Å². The Kier molecular flexibility index (Phi) is 1.86. The zero-order chi connectivity index (χ0) is 11.0. The second-order valence-electron chi connectivity index (χ2n) is 2.84. The van der Waals surface area contributed by atoms with Gasteiger partial charge in [-0.25, -0.2) is 0 Å². The van der Waals surface area contributed by atoms with Crippen molar-refractivity contribution in [2.45, 2.75) is 0 Å². The molecule has 2 N–H and O–H groups in total. The van der Waals surface area contributed by atoms with Gasteiger partial charge in [-0.15, -0.1) is 0 Å². The van der Waals surface area contributed by atoms with Crippen molar-refractivity contribution in [3.05, 3.63) is 34.1 Å². The fraction of sp³-hybridized carbons (Fsp3) is 0. The molecule has 1 aromatic heterocycles. The van der Waals surface area contributed by atoms with Crippen LogP contribution in [0.4, 0.5) is 0 Å². The molecule has 0 aliphatic heterocycles. The van der Waals surface area contributed by atoms with Gasteiger partial charge in [-0.1, -0.05) is 17.0 Å². The maximum atomic E-state index is 10.9. The summed E-state index contributed by atoms with van der Waals surface area (Å²) in [6.07, 6.45) is 0. The van der Waals surface area contributed by atoms with Gasteiger partial charge in [0.2, 0.25) is 0 Å². The molecule has 0 aliphatic rings. The van der Waals surface area contributed by atoms with Crippen molar-refractivity contribution < 1.29 is 15.2 Å². The molecule has 1 aromatic carbocycles. The molecule has 0 saturated carbocycles. The van der Waals surface area contributed by atoms with Crippen molar-refractivity contribution in [2.24, 2.45) is 5.29 Å². The zero-order valence-corrected chi connectivity index (χ0v) is 7.36. The van der Waals surface area contributed by atoms with Crippen molar-refractivity contribution in [1.82, 2.24) is 4.68 Å². The molecular weight excluding hydrogens is 202 g/mol. The van der Waals surface area contributed by atoms with E-state index in [2.05, 4.69) is 0 Å². The van der Waals surface area contributed by atoms with Crippen LogP contribution in [-0.4, -0.2) is 19.9 Å². The highest BCUT2D eigenvalue weighted by atomic mass is 16.5. The first-order valence-electron chi connectivity index (χ1n) is 3.99. The second-order valence-corrected chi connectivity index (χ2v) is 2.84. The van der Waals surface area contributed by atoms with Crippen LogP contribution in [0.3, 0.4) is 0 Å². The summed E-state index contributed by atoms with van der Waals surface area (Å²) in [5, 5.41) is 21.6. The van der Waals surface area contributed by atoms with Gasteiger partial charge in [0, 0.05) is 4.68 Å². The molecule has 76 valence electrons. The Balaban J connectivity index is 2.86. The first kappa shape index (κ1) is 9.13. The van der Waals surface area contributed by atoms with Crippen LogP contribution in [0.5, 0.6) is 11.8 Å². The lowest BCUT2D eigenvalue weighted by molar-refractivity contribution is -0.615. The van der Waals surface area contributed by atoms with Crippen molar-refractivity contribution in [3.8, 4) is 11.8 Å². The van der Waals surface area contributed by atoms with Gasteiger partial charge in [-0.3, -0.25) is 0 Å². The van der Waals surface area contributed by atoms with E-state index in [0.29, 0.717) is 4.68 Å². The molecule has 7 nitrogen and oxygen atoms in total. The minimum atomic E-state index is -0.530. The predicted octanol–water partition coefficient (Wildman–Crippen LogP) is 1.28. The van der Waals surface area contributed by atoms with Gasteiger partial charge >= 0.3 is 10.3 Å². The largest absolute Gasteiger partial charge is 0.490 e. The molecule has 0 unspecified atom stereocenters. The fourth-order valence-corrected chi connectivity index (χ4v) is 1.40. The first-order chi connectivity index (χ1) is 7.16. The lowest BCUT2D eigenvalue weighted by atomic mass is 10.2. The van der Waals surface area contributed by atoms with Gasteiger partial charge in [0.1, 0.15) is 0 Å². The lowest BCUT2D eigenvalue weighted by Crippen LogP contribution is -2.07. The molecule has 0 aliphatic carbocycles. The Morgan fingerprint density at radius 3 is 2.00 bits per heavy atom. The summed E-state index contributed by atoms with van der Waals surface area (Å²) in [5.41, 5.74) is 0. The average Bonchev–Trinajstić information content (AvgIpc) is 2.52. The molecule has 2 rings (SSSR count). The number of nitrogens with zero attached hydrogens (tertiary/aromatic N) is 3. The number of aromatic nitrogens is 1. The van der Waals surface area contributed by atoms with Gasteiger partial charge in [0.05, 0.1) is 15.7 Å². The van der Waals surface area contributed by atoms with Crippen molar-refractivity contribution in [2.75, 3.05) is 0 Å². The van der Waals surface area contributed by atoms with Crippen LogP contribution in [-0.2, 0) is 0 Å². The lowest BCUT2D eigenvalue weighted by Gasteiger charge is -1.86. The summed E-state index contributed by atoms with van der Waals surface area (Å²) in [7, 11) is 0. The van der Waals surface area contributed by atoms with E-state index in [9.17, 15) is 20.0 Å². The topological polar surface area (TPSA) is 94.9 Å². The van der Waals surface area contributed by atoms with Crippen molar-refractivity contribution >= 4 is 10.8 Å². The number of hydrogen-bond acceptors (Lipinski definition) is 4. The van der Waals surface area contributed by atoms with Crippen molar-refractivity contribution in [3.63, 3.8) is 0 Å². The molecule has 0 atom stereocenters. The quantitative estimate of drug-likeness (QED) is 0.441. The molecule has 0 fully saturated rings. The summed E-state index contributed by atoms with van der Waals surface area (Å²) < 4.78 is 0.373. The molecule has 1 heterocycles. The third-order valence-electron chi connectivity index (χ3n) is 2.05. The molecule has 0 bridgehead atoms. The maximum Gasteiger partial charge on any atom is 0.335 e. The SMILES string of the molecule is O=N[N+](=O)n1c(O)c2ccccc2c1O. The highest BCUT2D eigenvalue weighted by molar-refractivity contribution is 5.92. The van der Waals surface area contributed by atoms with Gasteiger partial charge in [0.15, 0.2) is 0 Å². The Morgan fingerprint density at radius 1 is 1.13 bits per heavy atom. The highest BCUT2D eigenvalue weighted by Gasteiger charge is 2.27. The molecule has 0 spiro atoms. The number of aromatic hydroxyl groups is 2. The number of benzene rings is 1. The summed E-state index contributed by atoms with van der Waals surface area (Å²) >= 11 is 0. The third-order valence-corrected chi connectivity index (χ3v) is 2.05. The Morgan fingerprint density at radius 2 is 1.60 bits per heavy atom. The third kappa shape index (κ3) is 1.13. The number of rotatable bonds is 2. The van der Waals surface area contributed by atoms with Crippen LogP contribution in [0.2, 0.25) is 0 Å². The van der Waals surface area contributed by atoms with Crippen LogP contribution in [0.1, 0.15) is 0 Å².